The van der Waals surface area contributed by atoms with E-state index in [9.17, 15) is 18.0 Å². The minimum atomic E-state index is -4.63. The number of halogens is 3. The van der Waals surface area contributed by atoms with Crippen LogP contribution in [-0.4, -0.2) is 41.8 Å². The van der Waals surface area contributed by atoms with Gasteiger partial charge in [-0.2, -0.15) is 13.2 Å². The Morgan fingerprint density at radius 2 is 2.05 bits per heavy atom. The molecule has 0 spiro atoms. The monoisotopic (exact) mass is 516 g/mol. The van der Waals surface area contributed by atoms with E-state index in [1.54, 1.807) is 18.4 Å². The van der Waals surface area contributed by atoms with Gasteiger partial charge in [0, 0.05) is 29.8 Å². The number of hydrogen-bond acceptors (Lipinski definition) is 8. The SMILES string of the molecule is C=C(/N=C\C=C/C)N[C@@H](C)CNC(=O)c1nc(-c2ccc(OC)c3nc(C(F)(F)F)ccc23)oc1CN. The molecule has 0 fully saturated rings. The van der Waals surface area contributed by atoms with Gasteiger partial charge in [0.15, 0.2) is 11.5 Å². The molecule has 0 aliphatic carbocycles. The van der Waals surface area contributed by atoms with Crippen LogP contribution in [-0.2, 0) is 12.7 Å². The van der Waals surface area contributed by atoms with Crippen LogP contribution in [0.3, 0.4) is 0 Å². The number of aromatic nitrogens is 2. The molecule has 2 heterocycles. The van der Waals surface area contributed by atoms with Crippen LogP contribution in [0.1, 0.15) is 35.8 Å². The molecule has 196 valence electrons. The summed E-state index contributed by atoms with van der Waals surface area (Å²) in [5.41, 5.74) is 4.98. The average molecular weight is 517 g/mol. The zero-order valence-electron chi connectivity index (χ0n) is 20.5. The Labute approximate surface area is 211 Å². The van der Waals surface area contributed by atoms with Crippen molar-refractivity contribution in [3.63, 3.8) is 0 Å². The van der Waals surface area contributed by atoms with Gasteiger partial charge in [-0.25, -0.2) is 15.0 Å². The molecule has 0 saturated heterocycles. The number of benzene rings is 1. The van der Waals surface area contributed by atoms with Crippen molar-refractivity contribution in [1.82, 2.24) is 20.6 Å². The lowest BCUT2D eigenvalue weighted by Crippen LogP contribution is -2.38. The molecule has 0 bridgehead atoms. The largest absolute Gasteiger partial charge is 0.494 e. The number of carbonyl (C=O) groups is 1. The number of allylic oxidation sites excluding steroid dienone is 2. The zero-order chi connectivity index (χ0) is 27.2. The fourth-order valence-electron chi connectivity index (χ4n) is 3.41. The van der Waals surface area contributed by atoms with Crippen LogP contribution in [0, 0.1) is 0 Å². The summed E-state index contributed by atoms with van der Waals surface area (Å²) in [5, 5.41) is 6.09. The third kappa shape index (κ3) is 6.53. The third-order valence-electron chi connectivity index (χ3n) is 5.15. The number of carbonyl (C=O) groups excluding carboxylic acids is 1. The first-order valence-electron chi connectivity index (χ1n) is 11.2. The predicted molar refractivity (Wildman–Crippen MR) is 134 cm³/mol. The number of nitrogens with one attached hydrogen (secondary N) is 2. The smallest absolute Gasteiger partial charge is 0.433 e. The van der Waals surface area contributed by atoms with Gasteiger partial charge in [0.2, 0.25) is 5.89 Å². The van der Waals surface area contributed by atoms with Gasteiger partial charge in [-0.3, -0.25) is 4.79 Å². The lowest BCUT2D eigenvalue weighted by molar-refractivity contribution is -0.140. The number of rotatable bonds is 10. The number of aliphatic imine (C=N–C) groups is 1. The molecule has 9 nitrogen and oxygen atoms in total. The minimum absolute atomic E-state index is 0.0117. The Morgan fingerprint density at radius 1 is 1.30 bits per heavy atom. The molecule has 3 rings (SSSR count). The highest BCUT2D eigenvalue weighted by atomic mass is 19.4. The van der Waals surface area contributed by atoms with Crippen LogP contribution < -0.4 is 21.1 Å². The molecule has 1 atom stereocenters. The summed E-state index contributed by atoms with van der Waals surface area (Å²) >= 11 is 0. The molecule has 0 aliphatic heterocycles. The molecule has 0 aliphatic rings. The van der Waals surface area contributed by atoms with Crippen molar-refractivity contribution in [1.29, 1.82) is 0 Å². The highest BCUT2D eigenvalue weighted by Crippen LogP contribution is 2.36. The molecule has 0 unspecified atom stereocenters. The maximum atomic E-state index is 13.2. The van der Waals surface area contributed by atoms with E-state index in [-0.39, 0.29) is 47.7 Å². The van der Waals surface area contributed by atoms with E-state index in [2.05, 4.69) is 32.2 Å². The molecule has 3 aromatic rings. The molecular formula is C25H27F3N6O3. The van der Waals surface area contributed by atoms with E-state index in [1.807, 2.05) is 19.9 Å². The fraction of sp³-hybridized carbons (Fsp3) is 0.280. The first-order valence-corrected chi connectivity index (χ1v) is 11.2. The number of methoxy groups -OCH3 is 1. The number of pyridine rings is 1. The first kappa shape index (κ1) is 27.4. The molecular weight excluding hydrogens is 489 g/mol. The molecule has 2 aromatic heterocycles. The number of nitrogens with zero attached hydrogens (tertiary/aromatic N) is 3. The third-order valence-corrected chi connectivity index (χ3v) is 5.15. The van der Waals surface area contributed by atoms with Crippen LogP contribution in [0.2, 0.25) is 0 Å². The van der Waals surface area contributed by atoms with E-state index in [0.717, 1.165) is 6.07 Å². The first-order chi connectivity index (χ1) is 17.6. The van der Waals surface area contributed by atoms with Gasteiger partial charge < -0.3 is 25.5 Å². The summed E-state index contributed by atoms with van der Waals surface area (Å²) in [4.78, 5) is 25.0. The van der Waals surface area contributed by atoms with E-state index < -0.39 is 17.8 Å². The van der Waals surface area contributed by atoms with E-state index in [4.69, 9.17) is 14.9 Å². The van der Waals surface area contributed by atoms with Crippen LogP contribution in [0.25, 0.3) is 22.4 Å². The molecule has 0 saturated carbocycles. The van der Waals surface area contributed by atoms with Crippen molar-refractivity contribution in [2.45, 2.75) is 32.6 Å². The van der Waals surface area contributed by atoms with Gasteiger partial charge in [0.25, 0.3) is 5.91 Å². The van der Waals surface area contributed by atoms with E-state index in [0.29, 0.717) is 16.8 Å². The lowest BCUT2D eigenvalue weighted by Gasteiger charge is -2.15. The highest BCUT2D eigenvalue weighted by molar-refractivity contribution is 5.98. The number of hydrogen-bond donors (Lipinski definition) is 3. The van der Waals surface area contributed by atoms with Crippen molar-refractivity contribution < 1.29 is 27.1 Å². The van der Waals surface area contributed by atoms with Crippen molar-refractivity contribution >= 4 is 23.0 Å². The number of oxazole rings is 1. The summed E-state index contributed by atoms with van der Waals surface area (Å²) in [7, 11) is 1.33. The second-order valence-corrected chi connectivity index (χ2v) is 7.91. The summed E-state index contributed by atoms with van der Waals surface area (Å²) in [6.07, 6.45) is 0.542. The molecule has 37 heavy (non-hydrogen) atoms. The molecule has 12 heteroatoms. The van der Waals surface area contributed by atoms with Crippen LogP contribution in [0.15, 0.2) is 58.2 Å². The van der Waals surface area contributed by atoms with Gasteiger partial charge in [-0.05, 0) is 44.2 Å². The summed E-state index contributed by atoms with van der Waals surface area (Å²) in [5.74, 6) is 0.184. The summed E-state index contributed by atoms with van der Waals surface area (Å²) in [6.45, 7) is 7.59. The Kier molecular flexibility index (Phi) is 8.66. The second-order valence-electron chi connectivity index (χ2n) is 7.91. The standard InChI is InChI=1S/C25H27F3N6O3/c1-5-6-11-30-15(3)32-14(2)13-31-23(35)22-19(12-29)37-24(34-22)17-7-9-18(36-4)21-16(17)8-10-20(33-21)25(26,27)28/h5-11,14,32H,3,12-13,29H2,1-2,4H3,(H,31,35)/b6-5-,30-11-/t14-/m0/s1. The number of fused-ring (bicyclic) bond motifs is 1. The van der Waals surface area contributed by atoms with Crippen LogP contribution in [0.4, 0.5) is 13.2 Å². The number of nitrogens with two attached hydrogens (primary N) is 1. The Morgan fingerprint density at radius 3 is 2.70 bits per heavy atom. The summed E-state index contributed by atoms with van der Waals surface area (Å²) in [6, 6.07) is 4.93. The van der Waals surface area contributed by atoms with Gasteiger partial charge in [-0.1, -0.05) is 12.7 Å². The number of ether oxygens (including phenoxy) is 1. The summed E-state index contributed by atoms with van der Waals surface area (Å²) < 4.78 is 50.6. The number of alkyl halides is 3. The number of amides is 1. The maximum Gasteiger partial charge on any atom is 0.433 e. The molecule has 0 radical (unpaired) electrons. The van der Waals surface area contributed by atoms with Crippen molar-refractivity contribution in [2.24, 2.45) is 10.7 Å². The fourth-order valence-corrected chi connectivity index (χ4v) is 3.41. The van der Waals surface area contributed by atoms with Crippen molar-refractivity contribution in [3.8, 4) is 17.2 Å². The van der Waals surface area contributed by atoms with Gasteiger partial charge in [0.05, 0.1) is 13.7 Å². The van der Waals surface area contributed by atoms with Crippen LogP contribution >= 0.6 is 0 Å². The average Bonchev–Trinajstić information content (AvgIpc) is 3.30. The van der Waals surface area contributed by atoms with E-state index >= 15 is 0 Å². The Balaban J connectivity index is 1.86. The predicted octanol–water partition coefficient (Wildman–Crippen LogP) is 4.20. The van der Waals surface area contributed by atoms with Gasteiger partial charge in [-0.15, -0.1) is 0 Å². The Hall–Kier alpha value is -4.19. The minimum Gasteiger partial charge on any atom is -0.494 e. The van der Waals surface area contributed by atoms with Gasteiger partial charge in [0.1, 0.15) is 22.8 Å². The van der Waals surface area contributed by atoms with Crippen LogP contribution in [0.5, 0.6) is 5.75 Å². The van der Waals surface area contributed by atoms with Crippen molar-refractivity contribution in [3.05, 3.63) is 66.0 Å². The van der Waals surface area contributed by atoms with Gasteiger partial charge >= 0.3 is 6.18 Å². The zero-order valence-corrected chi connectivity index (χ0v) is 20.5. The quantitative estimate of drug-likeness (QED) is 0.345. The molecule has 4 N–H and O–H groups in total. The normalized spacial score (nSPS) is 12.8. The molecule has 1 amide bonds. The Bertz CT molecular complexity index is 1350. The topological polar surface area (TPSA) is 128 Å². The highest BCUT2D eigenvalue weighted by Gasteiger charge is 2.33. The molecule has 1 aromatic carbocycles. The van der Waals surface area contributed by atoms with Crippen molar-refractivity contribution in [2.75, 3.05) is 13.7 Å². The van der Waals surface area contributed by atoms with E-state index in [1.165, 1.54) is 19.2 Å². The second kappa shape index (κ2) is 11.7. The lowest BCUT2D eigenvalue weighted by atomic mass is 10.1. The maximum absolute atomic E-state index is 13.2.